The zero-order chi connectivity index (χ0) is 26.5. The standard InChI is InChI=1S/C25H28F2N6O3/c1-6-7-18(14-32(4)15-34)17-8-9-21-19(10-17)13-30-33(21)22(16(2)31-23(35)25(3,26)27)20-11-28-24(36-5)29-12-20/h6-16,22H,1-5H3,(H,31,35)/b7-6-,18-14+/t16?,22-/m0/s1. The molecule has 190 valence electrons. The Labute approximate surface area is 207 Å². The number of amides is 2. The topological polar surface area (TPSA) is 102 Å². The smallest absolute Gasteiger partial charge is 0.321 e. The molecule has 0 saturated carbocycles. The van der Waals surface area contributed by atoms with Crippen LogP contribution in [0.3, 0.4) is 0 Å². The van der Waals surface area contributed by atoms with Crippen molar-refractivity contribution in [3.63, 3.8) is 0 Å². The highest BCUT2D eigenvalue weighted by molar-refractivity contribution is 5.86. The maximum Gasteiger partial charge on any atom is 0.321 e. The van der Waals surface area contributed by atoms with Crippen LogP contribution in [-0.2, 0) is 9.59 Å². The monoisotopic (exact) mass is 498 g/mol. The number of carbonyl (C=O) groups excluding carboxylic acids is 2. The Bertz CT molecular complexity index is 1280. The number of fused-ring (bicyclic) bond motifs is 1. The molecule has 0 radical (unpaired) electrons. The number of aromatic nitrogens is 4. The quantitative estimate of drug-likeness (QED) is 0.339. The second-order valence-corrected chi connectivity index (χ2v) is 8.32. The molecule has 1 aromatic carbocycles. The van der Waals surface area contributed by atoms with Crippen molar-refractivity contribution in [3.8, 4) is 6.01 Å². The summed E-state index contributed by atoms with van der Waals surface area (Å²) in [5.74, 6) is -4.94. The summed E-state index contributed by atoms with van der Waals surface area (Å²) in [7, 11) is 3.07. The molecule has 9 nitrogen and oxygen atoms in total. The third-order valence-corrected chi connectivity index (χ3v) is 5.45. The van der Waals surface area contributed by atoms with E-state index in [4.69, 9.17) is 4.74 Å². The summed E-state index contributed by atoms with van der Waals surface area (Å²) in [6, 6.07) is 4.29. The summed E-state index contributed by atoms with van der Waals surface area (Å²) in [6.07, 6.45) is 10.8. The first kappa shape index (κ1) is 26.5. The van der Waals surface area contributed by atoms with Gasteiger partial charge >= 0.3 is 11.9 Å². The Morgan fingerprint density at radius 3 is 2.53 bits per heavy atom. The average Bonchev–Trinajstić information content (AvgIpc) is 3.26. The predicted molar refractivity (Wildman–Crippen MR) is 131 cm³/mol. The lowest BCUT2D eigenvalue weighted by Gasteiger charge is -2.27. The van der Waals surface area contributed by atoms with E-state index in [0.717, 1.165) is 16.5 Å². The Balaban J connectivity index is 2.09. The molecule has 2 atom stereocenters. The third-order valence-electron chi connectivity index (χ3n) is 5.45. The number of alkyl halides is 2. The van der Waals surface area contributed by atoms with Crippen molar-refractivity contribution < 1.29 is 23.1 Å². The van der Waals surface area contributed by atoms with E-state index in [1.807, 2.05) is 37.3 Å². The van der Waals surface area contributed by atoms with Crippen molar-refractivity contribution in [1.29, 1.82) is 0 Å². The average molecular weight is 499 g/mol. The Morgan fingerprint density at radius 1 is 1.25 bits per heavy atom. The van der Waals surface area contributed by atoms with Crippen LogP contribution >= 0.6 is 0 Å². The van der Waals surface area contributed by atoms with E-state index in [2.05, 4.69) is 20.4 Å². The molecular weight excluding hydrogens is 470 g/mol. The van der Waals surface area contributed by atoms with Crippen LogP contribution in [-0.4, -0.2) is 63.1 Å². The van der Waals surface area contributed by atoms with Gasteiger partial charge in [0.25, 0.3) is 5.91 Å². The maximum atomic E-state index is 13.6. The Hall–Kier alpha value is -4.15. The summed E-state index contributed by atoms with van der Waals surface area (Å²) in [5.41, 5.74) is 2.91. The Kier molecular flexibility index (Phi) is 8.13. The molecule has 0 aliphatic rings. The van der Waals surface area contributed by atoms with Gasteiger partial charge in [-0.3, -0.25) is 14.3 Å². The molecule has 0 bridgehead atoms. The Morgan fingerprint density at radius 2 is 1.94 bits per heavy atom. The lowest BCUT2D eigenvalue weighted by atomic mass is 10.0. The van der Waals surface area contributed by atoms with Crippen molar-refractivity contribution in [2.45, 2.75) is 38.8 Å². The van der Waals surface area contributed by atoms with Crippen LogP contribution in [0.4, 0.5) is 8.78 Å². The molecule has 2 amide bonds. The van der Waals surface area contributed by atoms with Gasteiger partial charge in [-0.15, -0.1) is 0 Å². The number of carbonyl (C=O) groups is 2. The molecule has 36 heavy (non-hydrogen) atoms. The molecule has 0 aliphatic carbocycles. The fraction of sp³-hybridized carbons (Fsp3) is 0.320. The van der Waals surface area contributed by atoms with Crippen LogP contribution in [0.1, 0.15) is 37.9 Å². The van der Waals surface area contributed by atoms with Crippen molar-refractivity contribution in [2.24, 2.45) is 0 Å². The molecule has 11 heteroatoms. The van der Waals surface area contributed by atoms with E-state index in [0.29, 0.717) is 24.4 Å². The van der Waals surface area contributed by atoms with Gasteiger partial charge in [0, 0.05) is 43.5 Å². The molecule has 0 spiro atoms. The van der Waals surface area contributed by atoms with Crippen LogP contribution < -0.4 is 10.1 Å². The second kappa shape index (κ2) is 11.1. The van der Waals surface area contributed by atoms with Gasteiger partial charge in [-0.2, -0.15) is 13.9 Å². The number of hydrogen-bond donors (Lipinski definition) is 1. The minimum atomic E-state index is -3.54. The molecule has 3 aromatic rings. The zero-order valence-electron chi connectivity index (χ0n) is 20.6. The zero-order valence-corrected chi connectivity index (χ0v) is 20.6. The lowest BCUT2D eigenvalue weighted by molar-refractivity contribution is -0.143. The summed E-state index contributed by atoms with van der Waals surface area (Å²) in [5, 5.41) is 7.67. The van der Waals surface area contributed by atoms with Gasteiger partial charge in [0.1, 0.15) is 6.04 Å². The van der Waals surface area contributed by atoms with Crippen LogP contribution in [0, 0.1) is 0 Å². The van der Waals surface area contributed by atoms with Crippen molar-refractivity contribution in [2.75, 3.05) is 14.2 Å². The van der Waals surface area contributed by atoms with E-state index >= 15 is 0 Å². The molecule has 0 aliphatic heterocycles. The van der Waals surface area contributed by atoms with Crippen LogP contribution in [0.2, 0.25) is 0 Å². The number of nitrogens with zero attached hydrogens (tertiary/aromatic N) is 5. The SMILES string of the molecule is C/C=C\C(=C/N(C)C=O)c1ccc2c(cnn2[C@H](c2cnc(OC)nc2)C(C)NC(=O)C(C)(F)F)c1. The normalized spacial score (nSPS) is 14.0. The minimum Gasteiger partial charge on any atom is -0.467 e. The van der Waals surface area contributed by atoms with E-state index in [-0.39, 0.29) is 6.01 Å². The number of halogens is 2. The van der Waals surface area contributed by atoms with Gasteiger partial charge in [-0.05, 0) is 37.1 Å². The van der Waals surface area contributed by atoms with Gasteiger partial charge in [0.2, 0.25) is 6.41 Å². The highest BCUT2D eigenvalue weighted by atomic mass is 19.3. The van der Waals surface area contributed by atoms with E-state index in [9.17, 15) is 18.4 Å². The molecule has 1 unspecified atom stereocenters. The molecular formula is C25H28F2N6O3. The highest BCUT2D eigenvalue weighted by Crippen LogP contribution is 2.29. The van der Waals surface area contributed by atoms with Crippen molar-refractivity contribution in [1.82, 2.24) is 30.0 Å². The fourth-order valence-electron chi connectivity index (χ4n) is 3.74. The van der Waals surface area contributed by atoms with E-state index in [1.165, 1.54) is 24.4 Å². The van der Waals surface area contributed by atoms with Crippen LogP contribution in [0.5, 0.6) is 6.01 Å². The van der Waals surface area contributed by atoms with Gasteiger partial charge in [0.05, 0.1) is 24.9 Å². The molecule has 0 fully saturated rings. The van der Waals surface area contributed by atoms with Crippen LogP contribution in [0.25, 0.3) is 16.5 Å². The first-order valence-corrected chi connectivity index (χ1v) is 11.1. The van der Waals surface area contributed by atoms with Crippen molar-refractivity contribution >= 4 is 28.8 Å². The first-order chi connectivity index (χ1) is 17.1. The number of rotatable bonds is 10. The highest BCUT2D eigenvalue weighted by Gasteiger charge is 2.35. The number of ether oxygens (including phenoxy) is 1. The van der Waals surface area contributed by atoms with Gasteiger partial charge < -0.3 is 15.0 Å². The number of methoxy groups -OCH3 is 1. The van der Waals surface area contributed by atoms with Crippen molar-refractivity contribution in [3.05, 3.63) is 66.3 Å². The summed E-state index contributed by atoms with van der Waals surface area (Å²) >= 11 is 0. The summed E-state index contributed by atoms with van der Waals surface area (Å²) < 4.78 is 33.9. The first-order valence-electron chi connectivity index (χ1n) is 11.1. The maximum absolute atomic E-state index is 13.6. The van der Waals surface area contributed by atoms with Gasteiger partial charge in [-0.1, -0.05) is 18.2 Å². The second-order valence-electron chi connectivity index (χ2n) is 8.32. The number of allylic oxidation sites excluding steroid dienone is 3. The third kappa shape index (κ3) is 5.91. The lowest BCUT2D eigenvalue weighted by Crippen LogP contribution is -2.46. The largest absolute Gasteiger partial charge is 0.467 e. The molecule has 2 aromatic heterocycles. The fourth-order valence-corrected chi connectivity index (χ4v) is 3.74. The molecule has 3 rings (SSSR count). The van der Waals surface area contributed by atoms with E-state index in [1.54, 1.807) is 31.1 Å². The van der Waals surface area contributed by atoms with Gasteiger partial charge in [-0.25, -0.2) is 9.97 Å². The van der Waals surface area contributed by atoms with Crippen LogP contribution in [0.15, 0.2) is 55.1 Å². The molecule has 0 saturated heterocycles. The summed E-state index contributed by atoms with van der Waals surface area (Å²) in [6.45, 7) is 4.04. The summed E-state index contributed by atoms with van der Waals surface area (Å²) in [4.78, 5) is 32.8. The number of hydrogen-bond acceptors (Lipinski definition) is 6. The number of nitrogens with one attached hydrogen (secondary N) is 1. The van der Waals surface area contributed by atoms with E-state index < -0.39 is 23.9 Å². The predicted octanol–water partition coefficient (Wildman–Crippen LogP) is 3.59. The minimum absolute atomic E-state index is 0.146. The van der Waals surface area contributed by atoms with Gasteiger partial charge in [0.15, 0.2) is 0 Å². The number of benzene rings is 1. The molecule has 1 N–H and O–H groups in total. The molecule has 2 heterocycles.